The Bertz CT molecular complexity index is 1440. The molecule has 0 unspecified atom stereocenters. The van der Waals surface area contributed by atoms with Gasteiger partial charge >= 0.3 is 12.2 Å². The highest BCUT2D eigenvalue weighted by Crippen LogP contribution is 2.40. The van der Waals surface area contributed by atoms with Gasteiger partial charge in [0.05, 0.1) is 24.3 Å². The predicted molar refractivity (Wildman–Crippen MR) is 175 cm³/mol. The number of nitrogens with one attached hydrogen (secondary N) is 1. The van der Waals surface area contributed by atoms with Gasteiger partial charge in [-0.3, -0.25) is 4.90 Å². The number of rotatable bonds is 9. The molecule has 45 heavy (non-hydrogen) atoms. The molecule has 1 fully saturated rings. The van der Waals surface area contributed by atoms with E-state index >= 15 is 0 Å². The lowest BCUT2D eigenvalue weighted by Gasteiger charge is -2.39. The zero-order chi connectivity index (χ0) is 33.0. The van der Waals surface area contributed by atoms with Gasteiger partial charge in [-0.2, -0.15) is 0 Å². The molecule has 1 aromatic heterocycles. The second-order valence-electron chi connectivity index (χ2n) is 13.7. The summed E-state index contributed by atoms with van der Waals surface area (Å²) in [6.45, 7) is 16.4. The number of hydrogen-bond donors (Lipinski definition) is 1. The van der Waals surface area contributed by atoms with Gasteiger partial charge in [0.15, 0.2) is 14.4 Å². The van der Waals surface area contributed by atoms with Gasteiger partial charge in [-0.25, -0.2) is 19.0 Å². The molecule has 4 rings (SSSR count). The van der Waals surface area contributed by atoms with Crippen LogP contribution in [0.15, 0.2) is 60.2 Å². The molecule has 2 aromatic carbocycles. The average molecular weight is 658 g/mol. The van der Waals surface area contributed by atoms with Gasteiger partial charge in [-0.1, -0.05) is 56.4 Å². The van der Waals surface area contributed by atoms with E-state index in [0.717, 1.165) is 5.56 Å². The minimum absolute atomic E-state index is 0.0821. The second-order valence-corrected chi connectivity index (χ2v) is 19.3. The maximum Gasteiger partial charge on any atom is 0.410 e. The topological polar surface area (TPSA) is 99.2 Å². The van der Waals surface area contributed by atoms with Crippen LogP contribution in [-0.4, -0.2) is 60.8 Å². The summed E-state index contributed by atoms with van der Waals surface area (Å²) in [5, 5.41) is 3.29. The summed E-state index contributed by atoms with van der Waals surface area (Å²) in [5.41, 5.74) is 2.48. The highest BCUT2D eigenvalue weighted by molar-refractivity contribution is 7.11. The minimum atomic E-state index is -2.36. The second kappa shape index (κ2) is 13.9. The van der Waals surface area contributed by atoms with E-state index in [1.807, 2.05) is 45.0 Å². The molecular weight excluding hydrogens is 614 g/mol. The number of nitrogens with zero attached hydrogens (tertiary/aromatic N) is 2. The summed E-state index contributed by atoms with van der Waals surface area (Å²) >= 11 is 1.40. The van der Waals surface area contributed by atoms with Crippen molar-refractivity contribution in [2.24, 2.45) is 0 Å². The first-order valence-electron chi connectivity index (χ1n) is 15.0. The van der Waals surface area contributed by atoms with Crippen molar-refractivity contribution in [1.82, 2.24) is 15.2 Å². The number of carbonyl (C=O) groups excluding carboxylic acids is 2. The molecule has 1 aliphatic heterocycles. The molecule has 244 valence electrons. The minimum Gasteiger partial charge on any atom is -0.445 e. The summed E-state index contributed by atoms with van der Waals surface area (Å²) < 4.78 is 38.3. The molecule has 2 heterocycles. The van der Waals surface area contributed by atoms with Crippen molar-refractivity contribution in [1.29, 1.82) is 0 Å². The van der Waals surface area contributed by atoms with Crippen molar-refractivity contribution >= 4 is 31.8 Å². The lowest BCUT2D eigenvalue weighted by atomic mass is 10.0. The van der Waals surface area contributed by atoms with E-state index in [9.17, 15) is 14.0 Å². The monoisotopic (exact) mass is 657 g/mol. The normalized spacial score (nSPS) is 18.9. The smallest absolute Gasteiger partial charge is 0.410 e. The van der Waals surface area contributed by atoms with Crippen molar-refractivity contribution in [2.45, 2.75) is 96.5 Å². The molecule has 1 saturated heterocycles. The van der Waals surface area contributed by atoms with Gasteiger partial charge in [0.1, 0.15) is 23.3 Å². The SMILES string of the molecule is CC(C)(C)OC(=O)N1C[C@H](O[Si](C)(C)C(C)(C)C)[C@@H](OC(=O)NCc2cccc(F)c2)[C@H]1Cc1ccc(Oc2cncs2)cc1. The van der Waals surface area contributed by atoms with Crippen molar-refractivity contribution < 1.29 is 32.6 Å². The highest BCUT2D eigenvalue weighted by atomic mass is 32.1. The van der Waals surface area contributed by atoms with Gasteiger partial charge in [0.25, 0.3) is 0 Å². The third-order valence-corrected chi connectivity index (χ3v) is 13.1. The molecule has 0 aliphatic carbocycles. The lowest BCUT2D eigenvalue weighted by Crippen LogP contribution is -2.49. The average Bonchev–Trinajstić information content (AvgIpc) is 3.55. The molecular formula is C33H44FN3O6SSi. The first kappa shape index (κ1) is 34.4. The van der Waals surface area contributed by atoms with Gasteiger partial charge in [-0.05, 0) is 80.7 Å². The third-order valence-electron chi connectivity index (χ3n) is 7.97. The van der Waals surface area contributed by atoms with Crippen LogP contribution in [0, 0.1) is 5.82 Å². The third kappa shape index (κ3) is 9.51. The number of aromatic nitrogens is 1. The molecule has 12 heteroatoms. The number of amides is 2. The van der Waals surface area contributed by atoms with E-state index in [1.54, 1.807) is 28.7 Å². The molecule has 0 bridgehead atoms. The Kier molecular flexibility index (Phi) is 10.6. The van der Waals surface area contributed by atoms with Crippen LogP contribution < -0.4 is 10.1 Å². The summed E-state index contributed by atoms with van der Waals surface area (Å²) in [5.74, 6) is 0.264. The molecule has 2 amide bonds. The number of alkyl carbamates (subject to hydrolysis) is 1. The summed E-state index contributed by atoms with van der Waals surface area (Å²) in [7, 11) is -2.36. The van der Waals surface area contributed by atoms with Crippen LogP contribution in [0.3, 0.4) is 0 Å². The molecule has 1 aliphatic rings. The Morgan fingerprint density at radius 2 is 1.78 bits per heavy atom. The van der Waals surface area contributed by atoms with E-state index < -0.39 is 50.2 Å². The predicted octanol–water partition coefficient (Wildman–Crippen LogP) is 7.92. The summed E-state index contributed by atoms with van der Waals surface area (Å²) in [6, 6.07) is 13.0. The van der Waals surface area contributed by atoms with E-state index in [4.69, 9.17) is 18.6 Å². The van der Waals surface area contributed by atoms with Crippen LogP contribution in [-0.2, 0) is 26.9 Å². The van der Waals surface area contributed by atoms with Gasteiger partial charge in [0, 0.05) is 6.54 Å². The zero-order valence-corrected chi connectivity index (χ0v) is 29.1. The van der Waals surface area contributed by atoms with Crippen LogP contribution in [0.25, 0.3) is 0 Å². The molecule has 0 spiro atoms. The van der Waals surface area contributed by atoms with Crippen LogP contribution >= 0.6 is 11.3 Å². The fourth-order valence-electron chi connectivity index (χ4n) is 4.72. The molecule has 9 nitrogen and oxygen atoms in total. The van der Waals surface area contributed by atoms with E-state index in [-0.39, 0.29) is 18.1 Å². The Labute approximate surface area is 270 Å². The number of halogens is 1. The Morgan fingerprint density at radius 1 is 1.07 bits per heavy atom. The molecule has 0 saturated carbocycles. The number of hydrogen-bond acceptors (Lipinski definition) is 8. The number of benzene rings is 2. The largest absolute Gasteiger partial charge is 0.445 e. The fraction of sp³-hybridized carbons (Fsp3) is 0.485. The maximum absolute atomic E-state index is 13.7. The molecule has 1 N–H and O–H groups in total. The Hall–Kier alpha value is -3.48. The molecule has 3 aromatic rings. The number of ether oxygens (including phenoxy) is 3. The molecule has 3 atom stereocenters. The van der Waals surface area contributed by atoms with Crippen molar-refractivity contribution in [3.63, 3.8) is 0 Å². The lowest BCUT2D eigenvalue weighted by molar-refractivity contribution is 0.00749. The zero-order valence-electron chi connectivity index (χ0n) is 27.3. The Morgan fingerprint density at radius 3 is 2.38 bits per heavy atom. The highest BCUT2D eigenvalue weighted by Gasteiger charge is 2.51. The molecule has 0 radical (unpaired) electrons. The number of thiazole rings is 1. The first-order chi connectivity index (χ1) is 21.0. The van der Waals surface area contributed by atoms with Crippen molar-refractivity contribution in [2.75, 3.05) is 6.54 Å². The van der Waals surface area contributed by atoms with Crippen molar-refractivity contribution in [3.8, 4) is 10.8 Å². The maximum atomic E-state index is 13.7. The quantitative estimate of drug-likeness (QED) is 0.233. The van der Waals surface area contributed by atoms with E-state index in [2.05, 4.69) is 44.2 Å². The number of carbonyl (C=O) groups is 2. The summed E-state index contributed by atoms with van der Waals surface area (Å²) in [6.07, 6.45) is -0.548. The van der Waals surface area contributed by atoms with Crippen LogP contribution in [0.5, 0.6) is 10.8 Å². The van der Waals surface area contributed by atoms with E-state index in [0.29, 0.717) is 22.8 Å². The summed E-state index contributed by atoms with van der Waals surface area (Å²) in [4.78, 5) is 32.5. The standard InChI is InChI=1S/C33H44FN3O6SSi/c1-32(2,3)42-31(39)37-20-27(43-45(7,8)33(4,5)6)29(41-30(38)36-18-23-10-9-11-24(34)16-23)26(37)17-22-12-14-25(15-13-22)40-28-19-35-21-44-28/h9-16,19,21,26-27,29H,17-18,20H2,1-8H3,(H,36,38)/t26-,27+,29+/m1/s1. The number of likely N-dealkylation sites (tertiary alicyclic amines) is 1. The van der Waals surface area contributed by atoms with Crippen LogP contribution in [0.2, 0.25) is 18.1 Å². The van der Waals surface area contributed by atoms with E-state index in [1.165, 1.54) is 23.5 Å². The van der Waals surface area contributed by atoms with Crippen LogP contribution in [0.1, 0.15) is 52.7 Å². The van der Waals surface area contributed by atoms with Crippen molar-refractivity contribution in [3.05, 3.63) is 77.2 Å². The first-order valence-corrected chi connectivity index (χ1v) is 18.8. The van der Waals surface area contributed by atoms with Gasteiger partial charge in [0.2, 0.25) is 5.06 Å². The van der Waals surface area contributed by atoms with Gasteiger partial charge in [-0.15, -0.1) is 0 Å². The fourth-order valence-corrected chi connectivity index (χ4v) is 6.53. The van der Waals surface area contributed by atoms with Gasteiger partial charge < -0.3 is 24.0 Å². The Balaban J connectivity index is 1.62. The van der Waals surface area contributed by atoms with Crippen LogP contribution in [0.4, 0.5) is 14.0 Å².